The lowest BCUT2D eigenvalue weighted by Gasteiger charge is -2.37. The van der Waals surface area contributed by atoms with Crippen LogP contribution in [0, 0.1) is 0 Å². The van der Waals surface area contributed by atoms with Crippen LogP contribution in [0.1, 0.15) is 72.0 Å². The molecule has 4 nitrogen and oxygen atoms in total. The lowest BCUT2D eigenvalue weighted by Crippen LogP contribution is -2.42. The van der Waals surface area contributed by atoms with Gasteiger partial charge < -0.3 is 15.3 Å². The van der Waals surface area contributed by atoms with Crippen LogP contribution in [0.3, 0.4) is 0 Å². The molecular weight excluding hydrogens is 408 g/mol. The summed E-state index contributed by atoms with van der Waals surface area (Å²) in [5.74, 6) is 0.641. The number of halogens is 1. The first-order chi connectivity index (χ1) is 15.1. The van der Waals surface area contributed by atoms with Gasteiger partial charge in [-0.15, -0.1) is 0 Å². The van der Waals surface area contributed by atoms with Crippen molar-refractivity contribution in [2.75, 3.05) is 20.2 Å². The van der Waals surface area contributed by atoms with Gasteiger partial charge in [0.1, 0.15) is 0 Å². The maximum Gasteiger partial charge on any atom is 0.254 e. The van der Waals surface area contributed by atoms with E-state index in [1.807, 2.05) is 24.1 Å². The third-order valence-corrected chi connectivity index (χ3v) is 6.72. The predicted octanol–water partition coefficient (Wildman–Crippen LogP) is 5.17. The van der Waals surface area contributed by atoms with E-state index in [0.29, 0.717) is 22.5 Å². The molecule has 1 aliphatic rings. The molecule has 0 aliphatic heterocycles. The topological polar surface area (TPSA) is 52.6 Å². The third kappa shape index (κ3) is 6.09. The number of carbonyl (C=O) groups is 1. The van der Waals surface area contributed by atoms with E-state index >= 15 is 0 Å². The van der Waals surface area contributed by atoms with Gasteiger partial charge >= 0.3 is 0 Å². The van der Waals surface area contributed by atoms with E-state index in [0.717, 1.165) is 51.6 Å². The molecule has 0 unspecified atom stereocenters. The van der Waals surface area contributed by atoms with Crippen molar-refractivity contribution in [1.82, 2.24) is 10.2 Å². The Bertz CT molecular complexity index is 845. The predicted molar refractivity (Wildman–Crippen MR) is 128 cm³/mol. The highest BCUT2D eigenvalue weighted by Gasteiger charge is 2.30. The van der Waals surface area contributed by atoms with E-state index in [4.69, 9.17) is 16.7 Å². The number of nitrogens with one attached hydrogen (secondary N) is 1. The Morgan fingerprint density at radius 3 is 2.45 bits per heavy atom. The SMILES string of the molecule is CCN(C(=O)c1ccc(Cl)cc1)C1CCC(c2ccc(CCCO)cc2CNC)CC1. The smallest absolute Gasteiger partial charge is 0.254 e. The molecule has 3 rings (SSSR count). The van der Waals surface area contributed by atoms with Crippen LogP contribution in [0.25, 0.3) is 0 Å². The van der Waals surface area contributed by atoms with Crippen molar-refractivity contribution < 1.29 is 9.90 Å². The minimum atomic E-state index is 0.103. The number of carbonyl (C=O) groups excluding carboxylic acids is 1. The van der Waals surface area contributed by atoms with Gasteiger partial charge in [0.25, 0.3) is 5.91 Å². The van der Waals surface area contributed by atoms with Crippen molar-refractivity contribution >= 4 is 17.5 Å². The molecule has 1 aliphatic carbocycles. The molecule has 0 spiro atoms. The number of hydrogen-bond acceptors (Lipinski definition) is 3. The fourth-order valence-corrected chi connectivity index (χ4v) is 4.99. The standard InChI is InChI=1S/C26H35ClN2O2/c1-3-29(26(31)21-7-11-23(27)12-8-21)24-13-9-20(10-14-24)25-15-6-19(5-4-16-30)17-22(25)18-28-2/h6-8,11-12,15,17,20,24,28,30H,3-5,9-10,13-14,16,18H2,1-2H3. The minimum absolute atomic E-state index is 0.103. The Morgan fingerprint density at radius 2 is 1.84 bits per heavy atom. The van der Waals surface area contributed by atoms with Crippen molar-refractivity contribution in [3.8, 4) is 0 Å². The zero-order valence-electron chi connectivity index (χ0n) is 18.7. The molecule has 2 aromatic carbocycles. The lowest BCUT2D eigenvalue weighted by atomic mass is 9.79. The van der Waals surface area contributed by atoms with E-state index in [2.05, 4.69) is 30.4 Å². The lowest BCUT2D eigenvalue weighted by molar-refractivity contribution is 0.0640. The van der Waals surface area contributed by atoms with Crippen molar-refractivity contribution in [3.63, 3.8) is 0 Å². The van der Waals surface area contributed by atoms with E-state index in [1.54, 1.807) is 12.1 Å². The zero-order valence-corrected chi connectivity index (χ0v) is 19.5. The molecule has 0 aromatic heterocycles. The molecule has 1 amide bonds. The van der Waals surface area contributed by atoms with E-state index in [1.165, 1.54) is 16.7 Å². The molecule has 2 N–H and O–H groups in total. The van der Waals surface area contributed by atoms with Gasteiger partial charge in [-0.25, -0.2) is 0 Å². The molecule has 0 radical (unpaired) electrons. The first kappa shape index (κ1) is 23.8. The number of hydrogen-bond donors (Lipinski definition) is 2. The fraction of sp³-hybridized carbons (Fsp3) is 0.500. The van der Waals surface area contributed by atoms with E-state index in [9.17, 15) is 4.79 Å². The van der Waals surface area contributed by atoms with Gasteiger partial charge in [0, 0.05) is 36.3 Å². The van der Waals surface area contributed by atoms with Crippen molar-refractivity contribution in [2.45, 2.75) is 64.0 Å². The van der Waals surface area contributed by atoms with Gasteiger partial charge in [-0.3, -0.25) is 4.79 Å². The number of aliphatic hydroxyl groups excluding tert-OH is 1. The summed E-state index contributed by atoms with van der Waals surface area (Å²) >= 11 is 5.98. The van der Waals surface area contributed by atoms with E-state index in [-0.39, 0.29) is 12.5 Å². The summed E-state index contributed by atoms with van der Waals surface area (Å²) in [6.07, 6.45) is 5.98. The monoisotopic (exact) mass is 442 g/mol. The number of benzene rings is 2. The molecule has 168 valence electrons. The Kier molecular flexibility index (Phi) is 8.94. The summed E-state index contributed by atoms with van der Waals surface area (Å²) in [5.41, 5.74) is 4.81. The summed E-state index contributed by atoms with van der Waals surface area (Å²) in [6.45, 7) is 3.88. The first-order valence-corrected chi connectivity index (χ1v) is 11.9. The second kappa shape index (κ2) is 11.7. The largest absolute Gasteiger partial charge is 0.396 e. The molecule has 2 aromatic rings. The minimum Gasteiger partial charge on any atom is -0.396 e. The van der Waals surface area contributed by atoms with Gasteiger partial charge in [-0.05, 0) is 99.4 Å². The highest BCUT2D eigenvalue weighted by Crippen LogP contribution is 2.37. The van der Waals surface area contributed by atoms with E-state index < -0.39 is 0 Å². The highest BCUT2D eigenvalue weighted by atomic mass is 35.5. The zero-order chi connectivity index (χ0) is 22.2. The summed E-state index contributed by atoms with van der Waals surface area (Å²) in [5, 5.41) is 13.1. The normalized spacial score (nSPS) is 18.7. The molecule has 31 heavy (non-hydrogen) atoms. The summed E-state index contributed by atoms with van der Waals surface area (Å²) in [7, 11) is 1.99. The van der Waals surface area contributed by atoms with Crippen LogP contribution in [0.4, 0.5) is 0 Å². The van der Waals surface area contributed by atoms with Gasteiger partial charge in [-0.2, -0.15) is 0 Å². The van der Waals surface area contributed by atoms with Gasteiger partial charge in [0.05, 0.1) is 0 Å². The average molecular weight is 443 g/mol. The number of nitrogens with zero attached hydrogens (tertiary/aromatic N) is 1. The molecule has 0 bridgehead atoms. The second-order valence-corrected chi connectivity index (χ2v) is 8.93. The molecular formula is C26H35ClN2O2. The highest BCUT2D eigenvalue weighted by molar-refractivity contribution is 6.30. The van der Waals surface area contributed by atoms with Gasteiger partial charge in [0.15, 0.2) is 0 Å². The quantitative estimate of drug-likeness (QED) is 0.563. The Hall–Kier alpha value is -1.88. The number of amides is 1. The van der Waals surface area contributed by atoms with Crippen LogP contribution < -0.4 is 5.32 Å². The van der Waals surface area contributed by atoms with Crippen LogP contribution in [0.2, 0.25) is 5.02 Å². The summed E-state index contributed by atoms with van der Waals surface area (Å²) < 4.78 is 0. The Morgan fingerprint density at radius 1 is 1.13 bits per heavy atom. The van der Waals surface area contributed by atoms with Crippen molar-refractivity contribution in [2.24, 2.45) is 0 Å². The van der Waals surface area contributed by atoms with Crippen LogP contribution >= 0.6 is 11.6 Å². The number of aryl methyl sites for hydroxylation is 1. The van der Waals surface area contributed by atoms with Crippen LogP contribution in [-0.2, 0) is 13.0 Å². The maximum atomic E-state index is 13.1. The Labute approximate surface area is 191 Å². The first-order valence-electron chi connectivity index (χ1n) is 11.5. The van der Waals surface area contributed by atoms with Crippen LogP contribution in [0.5, 0.6) is 0 Å². The van der Waals surface area contributed by atoms with Crippen molar-refractivity contribution in [1.29, 1.82) is 0 Å². The maximum absolute atomic E-state index is 13.1. The third-order valence-electron chi connectivity index (χ3n) is 6.47. The molecule has 1 saturated carbocycles. The molecule has 0 atom stereocenters. The fourth-order valence-electron chi connectivity index (χ4n) is 4.86. The molecule has 1 fully saturated rings. The van der Waals surface area contributed by atoms with Crippen LogP contribution in [0.15, 0.2) is 42.5 Å². The second-order valence-electron chi connectivity index (χ2n) is 8.49. The molecule has 0 heterocycles. The summed E-state index contributed by atoms with van der Waals surface area (Å²) in [4.78, 5) is 15.1. The number of rotatable bonds is 9. The Balaban J connectivity index is 1.67. The van der Waals surface area contributed by atoms with Crippen molar-refractivity contribution in [3.05, 3.63) is 69.7 Å². The molecule has 5 heteroatoms. The van der Waals surface area contributed by atoms with Crippen LogP contribution in [-0.4, -0.2) is 42.2 Å². The summed E-state index contributed by atoms with van der Waals surface area (Å²) in [6, 6.07) is 14.3. The average Bonchev–Trinajstić information content (AvgIpc) is 2.79. The van der Waals surface area contributed by atoms with Gasteiger partial charge in [-0.1, -0.05) is 29.8 Å². The van der Waals surface area contributed by atoms with Gasteiger partial charge in [0.2, 0.25) is 0 Å². The number of aliphatic hydroxyl groups is 1. The molecule has 0 saturated heterocycles.